The fraction of sp³-hybridized carbons (Fsp3) is 0.0588. The SMILES string of the molecule is CC1(C)c2ccccc2N2c3ccccc3Oc3cc(-c4ccc(-c5ccc(N(c6ccccc6)c6ccc(-c7ccccc7)cc6)cc5)cc4)cc1c32. The van der Waals surface area contributed by atoms with Crippen molar-refractivity contribution in [2.75, 3.05) is 9.80 Å². The number of hydrogen-bond acceptors (Lipinski definition) is 3. The third-order valence-electron chi connectivity index (χ3n) is 11.0. The van der Waals surface area contributed by atoms with Crippen molar-refractivity contribution in [3.05, 3.63) is 205 Å². The quantitative estimate of drug-likeness (QED) is 0.172. The first-order valence-corrected chi connectivity index (χ1v) is 18.6. The molecule has 8 aromatic carbocycles. The molecule has 0 aromatic heterocycles. The van der Waals surface area contributed by atoms with Crippen LogP contribution in [0.5, 0.6) is 11.5 Å². The van der Waals surface area contributed by atoms with Crippen molar-refractivity contribution in [1.82, 2.24) is 0 Å². The molecule has 0 atom stereocenters. The Bertz CT molecular complexity index is 2630. The molecule has 2 aliphatic rings. The third-order valence-corrected chi connectivity index (χ3v) is 11.0. The molecular weight excluding hydrogens is 657 g/mol. The van der Waals surface area contributed by atoms with E-state index in [4.69, 9.17) is 4.74 Å². The van der Waals surface area contributed by atoms with Crippen LogP contribution in [0.2, 0.25) is 0 Å². The van der Waals surface area contributed by atoms with E-state index in [1.54, 1.807) is 0 Å². The van der Waals surface area contributed by atoms with Gasteiger partial charge in [-0.25, -0.2) is 0 Å². The zero-order valence-electron chi connectivity index (χ0n) is 30.3. The highest BCUT2D eigenvalue weighted by Gasteiger charge is 2.41. The van der Waals surface area contributed by atoms with Gasteiger partial charge in [0.15, 0.2) is 11.5 Å². The number of fused-ring (bicyclic) bond motifs is 4. The Morgan fingerprint density at radius 1 is 0.389 bits per heavy atom. The minimum absolute atomic E-state index is 0.206. The Hall–Kier alpha value is -6.84. The Balaban J connectivity index is 0.974. The minimum atomic E-state index is -0.206. The van der Waals surface area contributed by atoms with Crippen LogP contribution in [0.3, 0.4) is 0 Å². The van der Waals surface area contributed by atoms with Crippen LogP contribution in [0.1, 0.15) is 25.0 Å². The number of anilines is 6. The number of nitrogens with zero attached hydrogens (tertiary/aromatic N) is 2. The monoisotopic (exact) mass is 694 g/mol. The van der Waals surface area contributed by atoms with E-state index in [-0.39, 0.29) is 5.41 Å². The number of rotatable bonds is 6. The number of ether oxygens (including phenoxy) is 1. The Morgan fingerprint density at radius 3 is 1.48 bits per heavy atom. The van der Waals surface area contributed by atoms with Gasteiger partial charge in [-0.05, 0) is 111 Å². The van der Waals surface area contributed by atoms with Crippen LogP contribution in [0, 0.1) is 0 Å². The lowest BCUT2D eigenvalue weighted by atomic mass is 9.72. The van der Waals surface area contributed by atoms with Gasteiger partial charge in [0, 0.05) is 22.5 Å². The summed E-state index contributed by atoms with van der Waals surface area (Å²) in [6, 6.07) is 69.4. The molecule has 0 N–H and O–H groups in total. The van der Waals surface area contributed by atoms with Crippen LogP contribution in [0.15, 0.2) is 194 Å². The number of hydrogen-bond donors (Lipinski definition) is 0. The van der Waals surface area contributed by atoms with Gasteiger partial charge >= 0.3 is 0 Å². The summed E-state index contributed by atoms with van der Waals surface area (Å²) < 4.78 is 6.66. The highest BCUT2D eigenvalue weighted by atomic mass is 16.5. The van der Waals surface area contributed by atoms with Crippen LogP contribution < -0.4 is 14.5 Å². The van der Waals surface area contributed by atoms with Crippen molar-refractivity contribution in [3.63, 3.8) is 0 Å². The second kappa shape index (κ2) is 12.7. The molecule has 0 unspecified atom stereocenters. The molecule has 54 heavy (non-hydrogen) atoms. The summed E-state index contributed by atoms with van der Waals surface area (Å²) in [6.45, 7) is 4.66. The van der Waals surface area contributed by atoms with E-state index in [1.807, 2.05) is 6.07 Å². The summed E-state index contributed by atoms with van der Waals surface area (Å²) in [5, 5.41) is 0. The molecule has 0 spiro atoms. The van der Waals surface area contributed by atoms with Crippen molar-refractivity contribution in [2.24, 2.45) is 0 Å². The first kappa shape index (κ1) is 31.9. The first-order valence-electron chi connectivity index (χ1n) is 18.6. The molecule has 3 nitrogen and oxygen atoms in total. The lowest BCUT2D eigenvalue weighted by Gasteiger charge is -2.45. The highest BCUT2D eigenvalue weighted by molar-refractivity contribution is 5.94. The molecule has 2 heterocycles. The molecule has 8 aromatic rings. The van der Waals surface area contributed by atoms with Gasteiger partial charge in [0.2, 0.25) is 0 Å². The first-order chi connectivity index (χ1) is 26.5. The standard InChI is InChI=1S/C51H38N2O/c1-51(2)44-17-9-10-18-46(44)53-47-19-11-12-20-48(47)54-49-34-40(33-45(51)50(49)53)39-23-21-36(22-24-39)38-27-31-43(32-28-38)52(41-15-7-4-8-16-41)42-29-25-37(26-30-42)35-13-5-3-6-14-35/h3-34H,1-2H3. The van der Waals surface area contributed by atoms with E-state index in [2.05, 4.69) is 212 Å². The van der Waals surface area contributed by atoms with Crippen LogP contribution in [-0.2, 0) is 5.41 Å². The van der Waals surface area contributed by atoms with Crippen LogP contribution >= 0.6 is 0 Å². The molecule has 0 bridgehead atoms. The van der Waals surface area contributed by atoms with Crippen LogP contribution in [0.4, 0.5) is 34.1 Å². The smallest absolute Gasteiger partial charge is 0.152 e. The largest absolute Gasteiger partial charge is 0.453 e. The van der Waals surface area contributed by atoms with E-state index < -0.39 is 0 Å². The maximum Gasteiger partial charge on any atom is 0.152 e. The second-order valence-electron chi connectivity index (χ2n) is 14.6. The van der Waals surface area contributed by atoms with Crippen molar-refractivity contribution in [1.29, 1.82) is 0 Å². The summed E-state index contributed by atoms with van der Waals surface area (Å²) in [4.78, 5) is 4.70. The predicted molar refractivity (Wildman–Crippen MR) is 224 cm³/mol. The van der Waals surface area contributed by atoms with Gasteiger partial charge in [-0.3, -0.25) is 0 Å². The van der Waals surface area contributed by atoms with Crippen molar-refractivity contribution in [3.8, 4) is 44.9 Å². The highest BCUT2D eigenvalue weighted by Crippen LogP contribution is 2.60. The average Bonchev–Trinajstić information content (AvgIpc) is 3.23. The predicted octanol–water partition coefficient (Wildman–Crippen LogP) is 14.4. The van der Waals surface area contributed by atoms with E-state index >= 15 is 0 Å². The zero-order valence-corrected chi connectivity index (χ0v) is 30.3. The van der Waals surface area contributed by atoms with Crippen LogP contribution in [0.25, 0.3) is 33.4 Å². The molecular formula is C51H38N2O. The van der Waals surface area contributed by atoms with Crippen molar-refractivity contribution >= 4 is 34.1 Å². The van der Waals surface area contributed by atoms with Crippen LogP contribution in [-0.4, -0.2) is 0 Å². The van der Waals surface area contributed by atoms with Gasteiger partial charge in [0.05, 0.1) is 17.1 Å². The lowest BCUT2D eigenvalue weighted by Crippen LogP contribution is -2.32. The maximum atomic E-state index is 6.66. The summed E-state index contributed by atoms with van der Waals surface area (Å²) in [7, 11) is 0. The molecule has 0 saturated heterocycles. The van der Waals surface area contributed by atoms with Gasteiger partial charge < -0.3 is 14.5 Å². The van der Waals surface area contributed by atoms with Gasteiger partial charge in [0.1, 0.15) is 0 Å². The Labute approximate surface area is 317 Å². The molecule has 0 fully saturated rings. The normalized spacial score (nSPS) is 13.3. The number of benzene rings is 8. The van der Waals surface area contributed by atoms with E-state index in [1.165, 1.54) is 39.1 Å². The Morgan fingerprint density at radius 2 is 0.852 bits per heavy atom. The number of para-hydroxylation sites is 4. The molecule has 10 rings (SSSR count). The molecule has 3 heteroatoms. The fourth-order valence-electron chi connectivity index (χ4n) is 8.23. The maximum absolute atomic E-state index is 6.66. The lowest BCUT2D eigenvalue weighted by molar-refractivity contribution is 0.471. The van der Waals surface area contributed by atoms with E-state index in [0.29, 0.717) is 0 Å². The van der Waals surface area contributed by atoms with Crippen molar-refractivity contribution < 1.29 is 4.74 Å². The molecule has 0 saturated carbocycles. The van der Waals surface area contributed by atoms with Crippen molar-refractivity contribution in [2.45, 2.75) is 19.3 Å². The van der Waals surface area contributed by atoms with Gasteiger partial charge in [-0.15, -0.1) is 0 Å². The Kier molecular flexibility index (Phi) is 7.48. The second-order valence-corrected chi connectivity index (χ2v) is 14.6. The van der Waals surface area contributed by atoms with Gasteiger partial charge in [-0.2, -0.15) is 0 Å². The molecule has 2 aliphatic heterocycles. The zero-order chi connectivity index (χ0) is 36.2. The van der Waals surface area contributed by atoms with E-state index in [0.717, 1.165) is 51.1 Å². The summed E-state index contributed by atoms with van der Waals surface area (Å²) >= 11 is 0. The third kappa shape index (κ3) is 5.28. The van der Waals surface area contributed by atoms with Gasteiger partial charge in [0.25, 0.3) is 0 Å². The molecule has 0 amide bonds. The molecule has 0 radical (unpaired) electrons. The molecule has 0 aliphatic carbocycles. The fourth-order valence-corrected chi connectivity index (χ4v) is 8.23. The summed E-state index contributed by atoms with van der Waals surface area (Å²) in [6.07, 6.45) is 0. The summed E-state index contributed by atoms with van der Waals surface area (Å²) in [5.41, 5.74) is 16.2. The average molecular weight is 695 g/mol. The topological polar surface area (TPSA) is 15.7 Å². The molecule has 258 valence electrons. The van der Waals surface area contributed by atoms with Gasteiger partial charge in [-0.1, -0.05) is 141 Å². The van der Waals surface area contributed by atoms with E-state index in [9.17, 15) is 0 Å². The summed E-state index contributed by atoms with van der Waals surface area (Å²) in [5.74, 6) is 1.76. The minimum Gasteiger partial charge on any atom is -0.453 e.